The van der Waals surface area contributed by atoms with E-state index in [1.165, 1.54) is 4.90 Å². The van der Waals surface area contributed by atoms with Crippen molar-refractivity contribution in [1.82, 2.24) is 0 Å². The average molecular weight is 388 g/mol. The number of carbonyl (C=O) groups is 1. The van der Waals surface area contributed by atoms with Gasteiger partial charge in [-0.05, 0) is 48.5 Å². The van der Waals surface area contributed by atoms with Crippen molar-refractivity contribution in [3.63, 3.8) is 0 Å². The van der Waals surface area contributed by atoms with Crippen LogP contribution < -0.4 is 5.32 Å². The monoisotopic (exact) mass is 387 g/mol. The molecule has 1 heterocycles. The molecule has 3 nitrogen and oxygen atoms in total. The van der Waals surface area contributed by atoms with Crippen LogP contribution in [0.1, 0.15) is 16.3 Å². The Hall–Kier alpha value is -1.98. The number of nitrogens with one attached hydrogen (secondary N) is 1. The standard InChI is InChI=1S/C18H14BrNO2S/c19-13-6-8-14(9-7-13)20-18(21)17-11-10-15(22-17)12-23-16-4-2-1-3-5-16/h1-11H,12H2,(H,20,21). The Kier molecular flexibility index (Phi) is 5.20. The topological polar surface area (TPSA) is 42.2 Å². The zero-order valence-corrected chi connectivity index (χ0v) is 14.6. The number of furan rings is 1. The third kappa shape index (κ3) is 4.50. The highest BCUT2D eigenvalue weighted by atomic mass is 79.9. The van der Waals surface area contributed by atoms with E-state index in [4.69, 9.17) is 4.42 Å². The Morgan fingerprint density at radius 2 is 1.74 bits per heavy atom. The van der Waals surface area contributed by atoms with E-state index in [-0.39, 0.29) is 5.91 Å². The van der Waals surface area contributed by atoms with Crippen LogP contribution in [0.15, 0.2) is 80.5 Å². The highest BCUT2D eigenvalue weighted by molar-refractivity contribution is 9.10. The van der Waals surface area contributed by atoms with Crippen LogP contribution in [0.25, 0.3) is 0 Å². The molecule has 3 rings (SSSR count). The van der Waals surface area contributed by atoms with Crippen LogP contribution in [0.4, 0.5) is 5.69 Å². The van der Waals surface area contributed by atoms with E-state index in [1.807, 2.05) is 48.5 Å². The van der Waals surface area contributed by atoms with Gasteiger partial charge in [-0.25, -0.2) is 0 Å². The normalized spacial score (nSPS) is 10.5. The molecule has 0 saturated carbocycles. The number of amides is 1. The predicted molar refractivity (Wildman–Crippen MR) is 96.8 cm³/mol. The maximum absolute atomic E-state index is 12.2. The van der Waals surface area contributed by atoms with Gasteiger partial charge in [0.25, 0.3) is 5.91 Å². The lowest BCUT2D eigenvalue weighted by atomic mass is 10.3. The zero-order chi connectivity index (χ0) is 16.1. The van der Waals surface area contributed by atoms with Crippen molar-refractivity contribution in [2.45, 2.75) is 10.6 Å². The first-order chi connectivity index (χ1) is 11.2. The largest absolute Gasteiger partial charge is 0.455 e. The predicted octanol–water partition coefficient (Wildman–Crippen LogP) is 5.59. The number of thioether (sulfide) groups is 1. The molecule has 2 aromatic carbocycles. The number of halogens is 1. The van der Waals surface area contributed by atoms with Crippen molar-refractivity contribution in [3.8, 4) is 0 Å². The van der Waals surface area contributed by atoms with Gasteiger partial charge in [-0.3, -0.25) is 4.79 Å². The molecule has 3 aromatic rings. The summed E-state index contributed by atoms with van der Waals surface area (Å²) in [5.74, 6) is 1.54. The van der Waals surface area contributed by atoms with E-state index in [1.54, 1.807) is 17.8 Å². The van der Waals surface area contributed by atoms with E-state index in [9.17, 15) is 4.79 Å². The van der Waals surface area contributed by atoms with Crippen LogP contribution in [-0.2, 0) is 5.75 Å². The SMILES string of the molecule is O=C(Nc1ccc(Br)cc1)c1ccc(CSc2ccccc2)o1. The van der Waals surface area contributed by atoms with Gasteiger partial charge in [0.1, 0.15) is 5.76 Å². The lowest BCUT2D eigenvalue weighted by Gasteiger charge is -2.03. The molecule has 116 valence electrons. The molecule has 1 aromatic heterocycles. The van der Waals surface area contributed by atoms with Gasteiger partial charge in [0, 0.05) is 15.1 Å². The first kappa shape index (κ1) is 15.9. The average Bonchev–Trinajstić information content (AvgIpc) is 3.05. The lowest BCUT2D eigenvalue weighted by Crippen LogP contribution is -2.10. The molecule has 0 atom stereocenters. The molecule has 0 spiro atoms. The summed E-state index contributed by atoms with van der Waals surface area (Å²) in [5.41, 5.74) is 0.731. The summed E-state index contributed by atoms with van der Waals surface area (Å²) >= 11 is 5.04. The maximum Gasteiger partial charge on any atom is 0.291 e. The quantitative estimate of drug-likeness (QED) is 0.580. The van der Waals surface area contributed by atoms with E-state index in [2.05, 4.69) is 33.4 Å². The molecule has 0 aliphatic heterocycles. The van der Waals surface area contributed by atoms with Gasteiger partial charge >= 0.3 is 0 Å². The van der Waals surface area contributed by atoms with Crippen LogP contribution in [0.5, 0.6) is 0 Å². The molecule has 1 amide bonds. The third-order valence-corrected chi connectivity index (χ3v) is 4.67. The molecular formula is C18H14BrNO2S. The second-order valence-electron chi connectivity index (χ2n) is 4.83. The fraction of sp³-hybridized carbons (Fsp3) is 0.0556. The number of hydrogen-bond donors (Lipinski definition) is 1. The van der Waals surface area contributed by atoms with Crippen molar-refractivity contribution in [2.24, 2.45) is 0 Å². The van der Waals surface area contributed by atoms with Crippen LogP contribution >= 0.6 is 27.7 Å². The second-order valence-corrected chi connectivity index (χ2v) is 6.79. The number of rotatable bonds is 5. The van der Waals surface area contributed by atoms with Crippen LogP contribution in [-0.4, -0.2) is 5.91 Å². The lowest BCUT2D eigenvalue weighted by molar-refractivity contribution is 0.0995. The molecule has 0 saturated heterocycles. The zero-order valence-electron chi connectivity index (χ0n) is 12.2. The minimum Gasteiger partial charge on any atom is -0.455 e. The molecule has 0 unspecified atom stereocenters. The van der Waals surface area contributed by atoms with E-state index in [0.29, 0.717) is 11.5 Å². The van der Waals surface area contributed by atoms with E-state index >= 15 is 0 Å². The molecule has 0 aliphatic rings. The fourth-order valence-corrected chi connectivity index (χ4v) is 3.05. The van der Waals surface area contributed by atoms with Crippen LogP contribution in [0.3, 0.4) is 0 Å². The third-order valence-electron chi connectivity index (χ3n) is 3.11. The number of carbonyl (C=O) groups excluding carboxylic acids is 1. The summed E-state index contributed by atoms with van der Waals surface area (Å²) < 4.78 is 6.59. The van der Waals surface area contributed by atoms with Crippen molar-refractivity contribution in [1.29, 1.82) is 0 Å². The number of benzene rings is 2. The summed E-state index contributed by atoms with van der Waals surface area (Å²) in [4.78, 5) is 13.3. The smallest absolute Gasteiger partial charge is 0.291 e. The summed E-state index contributed by atoms with van der Waals surface area (Å²) in [6.07, 6.45) is 0. The summed E-state index contributed by atoms with van der Waals surface area (Å²) in [6, 6.07) is 21.0. The Balaban J connectivity index is 1.59. The summed E-state index contributed by atoms with van der Waals surface area (Å²) in [6.45, 7) is 0. The van der Waals surface area contributed by atoms with Crippen molar-refractivity contribution in [2.75, 3.05) is 5.32 Å². The van der Waals surface area contributed by atoms with Crippen molar-refractivity contribution in [3.05, 3.63) is 82.7 Å². The molecule has 5 heteroatoms. The summed E-state index contributed by atoms with van der Waals surface area (Å²) in [5, 5.41) is 2.81. The van der Waals surface area contributed by atoms with Gasteiger partial charge in [-0.1, -0.05) is 34.1 Å². The molecule has 0 fully saturated rings. The van der Waals surface area contributed by atoms with E-state index < -0.39 is 0 Å². The van der Waals surface area contributed by atoms with Crippen LogP contribution in [0.2, 0.25) is 0 Å². The minimum absolute atomic E-state index is 0.247. The first-order valence-electron chi connectivity index (χ1n) is 7.04. The molecule has 23 heavy (non-hydrogen) atoms. The van der Waals surface area contributed by atoms with Gasteiger partial charge in [-0.2, -0.15) is 0 Å². The highest BCUT2D eigenvalue weighted by Crippen LogP contribution is 2.23. The van der Waals surface area contributed by atoms with Crippen LogP contribution in [0, 0.1) is 0 Å². The van der Waals surface area contributed by atoms with Gasteiger partial charge in [0.2, 0.25) is 0 Å². The van der Waals surface area contributed by atoms with Crippen molar-refractivity contribution >= 4 is 39.3 Å². The van der Waals surface area contributed by atoms with Gasteiger partial charge < -0.3 is 9.73 Å². The van der Waals surface area contributed by atoms with E-state index in [0.717, 1.165) is 15.9 Å². The maximum atomic E-state index is 12.2. The molecule has 0 radical (unpaired) electrons. The highest BCUT2D eigenvalue weighted by Gasteiger charge is 2.11. The van der Waals surface area contributed by atoms with Gasteiger partial charge in [0.15, 0.2) is 5.76 Å². The van der Waals surface area contributed by atoms with Crippen molar-refractivity contribution < 1.29 is 9.21 Å². The Labute approximate surface area is 147 Å². The molecule has 1 N–H and O–H groups in total. The van der Waals surface area contributed by atoms with Gasteiger partial charge in [0.05, 0.1) is 5.75 Å². The van der Waals surface area contributed by atoms with Gasteiger partial charge in [-0.15, -0.1) is 11.8 Å². The molecule has 0 aliphatic carbocycles. The Bertz CT molecular complexity index is 784. The Morgan fingerprint density at radius 3 is 2.48 bits per heavy atom. The number of hydrogen-bond acceptors (Lipinski definition) is 3. The first-order valence-corrected chi connectivity index (χ1v) is 8.82. The number of anilines is 1. The minimum atomic E-state index is -0.247. The molecular weight excluding hydrogens is 374 g/mol. The second kappa shape index (κ2) is 7.53. The Morgan fingerprint density at radius 1 is 1.00 bits per heavy atom. The molecule has 0 bridgehead atoms. The fourth-order valence-electron chi connectivity index (χ4n) is 1.97. The summed E-state index contributed by atoms with van der Waals surface area (Å²) in [7, 11) is 0.